The van der Waals surface area contributed by atoms with E-state index in [2.05, 4.69) is 4.98 Å². The third-order valence-corrected chi connectivity index (χ3v) is 4.01. The summed E-state index contributed by atoms with van der Waals surface area (Å²) in [6, 6.07) is 11.2. The molecule has 0 saturated heterocycles. The summed E-state index contributed by atoms with van der Waals surface area (Å²) in [5, 5.41) is 0. The molecule has 0 fully saturated rings. The number of pyridine rings is 1. The Morgan fingerprint density at radius 2 is 1.83 bits per heavy atom. The highest BCUT2D eigenvalue weighted by Crippen LogP contribution is 2.22. The van der Waals surface area contributed by atoms with E-state index in [0.717, 1.165) is 23.4 Å². The average Bonchev–Trinajstić information content (AvgIpc) is 2.62. The first kappa shape index (κ1) is 16.3. The summed E-state index contributed by atoms with van der Waals surface area (Å²) in [5.41, 5.74) is 2.79. The predicted octanol–water partition coefficient (Wildman–Crippen LogP) is 3.08. The lowest BCUT2D eigenvalue weighted by Crippen LogP contribution is -2.36. The summed E-state index contributed by atoms with van der Waals surface area (Å²) in [7, 11) is 0. The van der Waals surface area contributed by atoms with Gasteiger partial charge in [-0.1, -0.05) is 6.07 Å². The zero-order valence-electron chi connectivity index (χ0n) is 14.1. The minimum Gasteiger partial charge on any atom is -0.494 e. The van der Waals surface area contributed by atoms with Crippen LogP contribution in [0.15, 0.2) is 36.4 Å². The first-order valence-electron chi connectivity index (χ1n) is 8.35. The number of fused-ring (bicyclic) bond motifs is 1. The summed E-state index contributed by atoms with van der Waals surface area (Å²) < 4.78 is 10.9. The van der Waals surface area contributed by atoms with Crippen LogP contribution in [-0.2, 0) is 13.0 Å². The second-order valence-electron chi connectivity index (χ2n) is 5.62. The molecule has 5 heteroatoms. The van der Waals surface area contributed by atoms with Gasteiger partial charge in [-0.2, -0.15) is 0 Å². The smallest absolute Gasteiger partial charge is 0.254 e. The number of carbonyl (C=O) groups is 1. The van der Waals surface area contributed by atoms with E-state index in [1.165, 1.54) is 0 Å². The molecule has 2 heterocycles. The molecule has 0 spiro atoms. The van der Waals surface area contributed by atoms with E-state index in [4.69, 9.17) is 9.47 Å². The van der Waals surface area contributed by atoms with Crippen LogP contribution in [0.1, 0.15) is 35.5 Å². The van der Waals surface area contributed by atoms with Gasteiger partial charge in [-0.05, 0) is 43.7 Å². The van der Waals surface area contributed by atoms with Crippen molar-refractivity contribution in [3.63, 3.8) is 0 Å². The molecule has 1 aliphatic heterocycles. The number of ether oxygens (including phenoxy) is 2. The Labute approximate surface area is 142 Å². The maximum absolute atomic E-state index is 12.7. The van der Waals surface area contributed by atoms with Gasteiger partial charge in [-0.25, -0.2) is 4.98 Å². The van der Waals surface area contributed by atoms with Crippen molar-refractivity contribution in [1.29, 1.82) is 0 Å². The first-order chi connectivity index (χ1) is 11.7. The zero-order chi connectivity index (χ0) is 16.9. The summed E-state index contributed by atoms with van der Waals surface area (Å²) in [4.78, 5) is 19.1. The minimum absolute atomic E-state index is 0.0394. The van der Waals surface area contributed by atoms with Crippen molar-refractivity contribution in [2.75, 3.05) is 19.8 Å². The van der Waals surface area contributed by atoms with Gasteiger partial charge in [0.05, 0.1) is 18.9 Å². The van der Waals surface area contributed by atoms with Crippen LogP contribution in [0.2, 0.25) is 0 Å². The summed E-state index contributed by atoms with van der Waals surface area (Å²) >= 11 is 0. The summed E-state index contributed by atoms with van der Waals surface area (Å²) in [5.74, 6) is 1.48. The molecule has 1 amide bonds. The van der Waals surface area contributed by atoms with Crippen molar-refractivity contribution in [3.8, 4) is 11.6 Å². The molecule has 0 aliphatic carbocycles. The third-order valence-electron chi connectivity index (χ3n) is 4.01. The van der Waals surface area contributed by atoms with Crippen molar-refractivity contribution in [1.82, 2.24) is 9.88 Å². The molecule has 5 nitrogen and oxygen atoms in total. The highest BCUT2D eigenvalue weighted by Gasteiger charge is 2.23. The SMILES string of the molecule is CCOc1ccc(C(=O)N2CCc3nc(OCC)ccc3C2)cc1. The van der Waals surface area contributed by atoms with Crippen molar-refractivity contribution < 1.29 is 14.3 Å². The van der Waals surface area contributed by atoms with E-state index < -0.39 is 0 Å². The fraction of sp³-hybridized carbons (Fsp3) is 0.368. The van der Waals surface area contributed by atoms with Gasteiger partial charge in [0.2, 0.25) is 5.88 Å². The number of rotatable bonds is 5. The number of hydrogen-bond donors (Lipinski definition) is 0. The molecule has 2 aromatic rings. The lowest BCUT2D eigenvalue weighted by molar-refractivity contribution is 0.0733. The molecule has 24 heavy (non-hydrogen) atoms. The number of benzene rings is 1. The van der Waals surface area contributed by atoms with Gasteiger partial charge in [0.1, 0.15) is 5.75 Å². The fourth-order valence-corrected chi connectivity index (χ4v) is 2.84. The second kappa shape index (κ2) is 7.34. The Morgan fingerprint density at radius 3 is 2.54 bits per heavy atom. The Balaban J connectivity index is 1.71. The van der Waals surface area contributed by atoms with Gasteiger partial charge in [0.25, 0.3) is 5.91 Å². The second-order valence-corrected chi connectivity index (χ2v) is 5.62. The molecule has 126 valence electrons. The van der Waals surface area contributed by atoms with Crippen LogP contribution in [-0.4, -0.2) is 35.5 Å². The van der Waals surface area contributed by atoms with Gasteiger partial charge in [-0.15, -0.1) is 0 Å². The maximum atomic E-state index is 12.7. The third kappa shape index (κ3) is 3.50. The van der Waals surface area contributed by atoms with Crippen LogP contribution >= 0.6 is 0 Å². The van der Waals surface area contributed by atoms with E-state index in [9.17, 15) is 4.79 Å². The minimum atomic E-state index is 0.0394. The number of aromatic nitrogens is 1. The molecule has 1 aromatic heterocycles. The first-order valence-corrected chi connectivity index (χ1v) is 8.35. The zero-order valence-corrected chi connectivity index (χ0v) is 14.1. The van der Waals surface area contributed by atoms with Crippen LogP contribution < -0.4 is 9.47 Å². The maximum Gasteiger partial charge on any atom is 0.254 e. The standard InChI is InChI=1S/C19H22N2O3/c1-3-23-16-8-5-14(6-9-16)19(22)21-12-11-17-15(13-21)7-10-18(20-17)24-4-2/h5-10H,3-4,11-13H2,1-2H3. The summed E-state index contributed by atoms with van der Waals surface area (Å²) in [6.07, 6.45) is 0.749. The van der Waals surface area contributed by atoms with E-state index in [1.807, 2.05) is 55.1 Å². The Kier molecular flexibility index (Phi) is 4.99. The van der Waals surface area contributed by atoms with Gasteiger partial charge in [-0.3, -0.25) is 4.79 Å². The average molecular weight is 326 g/mol. The normalized spacial score (nSPS) is 13.3. The van der Waals surface area contributed by atoms with E-state index >= 15 is 0 Å². The fourth-order valence-electron chi connectivity index (χ4n) is 2.84. The molecule has 0 saturated carbocycles. The van der Waals surface area contributed by atoms with Crippen molar-refractivity contribution in [2.45, 2.75) is 26.8 Å². The van der Waals surface area contributed by atoms with Crippen molar-refractivity contribution >= 4 is 5.91 Å². The molecule has 1 aliphatic rings. The van der Waals surface area contributed by atoms with E-state index in [0.29, 0.717) is 37.7 Å². The van der Waals surface area contributed by atoms with Crippen LogP contribution in [0.3, 0.4) is 0 Å². The quantitative estimate of drug-likeness (QED) is 0.847. The van der Waals surface area contributed by atoms with Gasteiger partial charge < -0.3 is 14.4 Å². The number of hydrogen-bond acceptors (Lipinski definition) is 4. The highest BCUT2D eigenvalue weighted by molar-refractivity contribution is 5.94. The molecule has 0 atom stereocenters. The van der Waals surface area contributed by atoms with Crippen molar-refractivity contribution in [3.05, 3.63) is 53.2 Å². The predicted molar refractivity (Wildman–Crippen MR) is 91.5 cm³/mol. The largest absolute Gasteiger partial charge is 0.494 e. The van der Waals surface area contributed by atoms with Crippen LogP contribution in [0.5, 0.6) is 11.6 Å². The monoisotopic (exact) mass is 326 g/mol. The molecule has 1 aromatic carbocycles. The molecule has 0 N–H and O–H groups in total. The van der Waals surface area contributed by atoms with Crippen LogP contribution in [0, 0.1) is 0 Å². The lowest BCUT2D eigenvalue weighted by Gasteiger charge is -2.28. The molecule has 0 radical (unpaired) electrons. The highest BCUT2D eigenvalue weighted by atomic mass is 16.5. The lowest BCUT2D eigenvalue weighted by atomic mass is 10.0. The Bertz CT molecular complexity index is 713. The van der Waals surface area contributed by atoms with Crippen molar-refractivity contribution in [2.24, 2.45) is 0 Å². The Morgan fingerprint density at radius 1 is 1.08 bits per heavy atom. The van der Waals surface area contributed by atoms with Gasteiger partial charge >= 0.3 is 0 Å². The molecular formula is C19H22N2O3. The number of carbonyl (C=O) groups excluding carboxylic acids is 1. The van der Waals surface area contributed by atoms with Crippen LogP contribution in [0.4, 0.5) is 0 Å². The topological polar surface area (TPSA) is 51.7 Å². The van der Waals surface area contributed by atoms with E-state index in [-0.39, 0.29) is 5.91 Å². The summed E-state index contributed by atoms with van der Waals surface area (Å²) in [6.45, 7) is 6.36. The number of amides is 1. The molecule has 0 bridgehead atoms. The van der Waals surface area contributed by atoms with E-state index in [1.54, 1.807) is 0 Å². The molecule has 3 rings (SSSR count). The molecular weight excluding hydrogens is 304 g/mol. The van der Waals surface area contributed by atoms with Gasteiger partial charge in [0.15, 0.2) is 0 Å². The molecule has 0 unspecified atom stereocenters. The van der Waals surface area contributed by atoms with Crippen LogP contribution in [0.25, 0.3) is 0 Å². The van der Waals surface area contributed by atoms with Gasteiger partial charge in [0, 0.05) is 31.1 Å². The number of nitrogens with zero attached hydrogens (tertiary/aromatic N) is 2. The Hall–Kier alpha value is -2.56.